The summed E-state index contributed by atoms with van der Waals surface area (Å²) in [6.45, 7) is 5.08. The van der Waals surface area contributed by atoms with Gasteiger partial charge in [-0.2, -0.15) is 0 Å². The van der Waals surface area contributed by atoms with Crippen molar-refractivity contribution in [2.24, 2.45) is 20.0 Å². The van der Waals surface area contributed by atoms with Gasteiger partial charge in [0.2, 0.25) is 0 Å². The average Bonchev–Trinajstić information content (AvgIpc) is 2.95. The van der Waals surface area contributed by atoms with Crippen molar-refractivity contribution in [1.82, 2.24) is 0 Å². The molecule has 4 rings (SSSR count). The summed E-state index contributed by atoms with van der Waals surface area (Å²) in [6, 6.07) is 26.8. The predicted octanol–water partition coefficient (Wildman–Crippen LogP) is -1.85. The Bertz CT molecular complexity index is 1420. The molecule has 0 atom stereocenters. The third-order valence-electron chi connectivity index (χ3n) is 5.88. The molecule has 0 saturated heterocycles. The van der Waals surface area contributed by atoms with E-state index in [0.717, 1.165) is 28.9 Å². The second kappa shape index (κ2) is 22.7. The summed E-state index contributed by atoms with van der Waals surface area (Å²) in [5, 5.41) is 21.4. The zero-order valence-electron chi connectivity index (χ0n) is 24.0. The van der Waals surface area contributed by atoms with Gasteiger partial charge in [0.25, 0.3) is 0 Å². The minimum atomic E-state index is 0. The Balaban J connectivity index is 0. The van der Waals surface area contributed by atoms with Crippen LogP contribution in [0.3, 0.4) is 0 Å². The maximum atomic E-state index is 10.7. The summed E-state index contributed by atoms with van der Waals surface area (Å²) in [6.07, 6.45) is 7.46. The first kappa shape index (κ1) is 43.4. The number of hydrogen-bond donors (Lipinski definition) is 2. The molecular weight excluding hydrogens is 793 g/mol. The largest absolute Gasteiger partial charge is 3.00 e. The zero-order chi connectivity index (χ0) is 27.5. The Hall–Kier alpha value is -2.72. The van der Waals surface area contributed by atoms with E-state index >= 15 is 0 Å². The summed E-state index contributed by atoms with van der Waals surface area (Å²) < 4.78 is 0. The van der Waals surface area contributed by atoms with Crippen molar-refractivity contribution in [3.05, 3.63) is 118 Å². The molecule has 2 radical (unpaired) electrons. The van der Waals surface area contributed by atoms with Crippen LogP contribution in [-0.2, 0) is 39.0 Å². The van der Waals surface area contributed by atoms with Crippen LogP contribution in [-0.4, -0.2) is 48.2 Å². The Morgan fingerprint density at radius 3 is 1.18 bits per heavy atom. The standard InChI is InChI=1S/C33H32N4O2.3ClH.2Ru/c1-24-16-26(32(38)28(18-24)22-36-30-10-5-3-6-11-30)20-34-14-9-15-35-21-27-17-25(2)19-29(33(27)39)23-37-31-12-7-4-8-13-31;;;;;/h3-8,10-13,16-23,38-39H,9,14-15H2,1-2H3;3*1H;;/q;;;;2*+3/p-3. The van der Waals surface area contributed by atoms with E-state index in [0.29, 0.717) is 35.3 Å². The van der Waals surface area contributed by atoms with Gasteiger partial charge in [-0.15, -0.1) is 0 Å². The molecule has 0 aliphatic carbocycles. The first-order chi connectivity index (χ1) is 19.0. The quantitative estimate of drug-likeness (QED) is 0.112. The third-order valence-corrected chi connectivity index (χ3v) is 5.88. The molecule has 0 amide bonds. The first-order valence-corrected chi connectivity index (χ1v) is 12.8. The molecule has 0 saturated carbocycles. The van der Waals surface area contributed by atoms with Crippen LogP contribution in [0.25, 0.3) is 0 Å². The average molecular weight is 825 g/mol. The van der Waals surface area contributed by atoms with Crippen molar-refractivity contribution in [1.29, 1.82) is 0 Å². The number of nitrogens with zero attached hydrogens (tertiary/aromatic N) is 4. The van der Waals surface area contributed by atoms with E-state index in [4.69, 9.17) is 0 Å². The molecule has 0 aliphatic heterocycles. The van der Waals surface area contributed by atoms with Gasteiger partial charge in [0.1, 0.15) is 11.5 Å². The van der Waals surface area contributed by atoms with Gasteiger partial charge in [-0.05, 0) is 79.9 Å². The smallest absolute Gasteiger partial charge is 1.00 e. The monoisotopic (exact) mass is 825 g/mol. The molecule has 4 aromatic carbocycles. The van der Waals surface area contributed by atoms with Gasteiger partial charge in [-0.1, -0.05) is 36.4 Å². The fourth-order valence-electron chi connectivity index (χ4n) is 3.96. The molecule has 0 aromatic heterocycles. The van der Waals surface area contributed by atoms with E-state index in [1.165, 1.54) is 0 Å². The van der Waals surface area contributed by atoms with Crippen LogP contribution in [0.4, 0.5) is 11.4 Å². The third kappa shape index (κ3) is 13.5. The van der Waals surface area contributed by atoms with Crippen molar-refractivity contribution < 1.29 is 86.4 Å². The van der Waals surface area contributed by atoms with E-state index in [-0.39, 0.29) is 87.7 Å². The maximum absolute atomic E-state index is 10.7. The van der Waals surface area contributed by atoms with E-state index in [1.54, 1.807) is 24.9 Å². The number of aromatic hydroxyl groups is 2. The van der Waals surface area contributed by atoms with Crippen molar-refractivity contribution in [3.8, 4) is 11.5 Å². The molecule has 11 heteroatoms. The van der Waals surface area contributed by atoms with Crippen LogP contribution in [0.1, 0.15) is 39.8 Å². The van der Waals surface area contributed by atoms with Gasteiger partial charge in [-0.3, -0.25) is 20.0 Å². The molecule has 4 aromatic rings. The Morgan fingerprint density at radius 1 is 0.523 bits per heavy atom. The normalized spacial score (nSPS) is 10.6. The number of aryl methyl sites for hydroxylation is 2. The Kier molecular flexibility index (Phi) is 22.4. The molecule has 44 heavy (non-hydrogen) atoms. The molecule has 0 aliphatic rings. The van der Waals surface area contributed by atoms with Gasteiger partial charge in [0, 0.05) is 60.2 Å². The summed E-state index contributed by atoms with van der Waals surface area (Å²) >= 11 is 0. The van der Waals surface area contributed by atoms with Crippen molar-refractivity contribution in [3.63, 3.8) is 0 Å². The predicted molar refractivity (Wildman–Crippen MR) is 163 cm³/mol. The van der Waals surface area contributed by atoms with Gasteiger partial charge in [0.05, 0.1) is 11.4 Å². The molecule has 6 nitrogen and oxygen atoms in total. The SMILES string of the molecule is Cc1cc(C=NCCCN=Cc2cc(C)cc(C=Nc3ccccc3)c2O)c(O)c(C=Nc2ccccc2)c1.[Cl-].[Cl-].[Cl-].[Ru+3].[Ru+3]. The van der Waals surface area contributed by atoms with E-state index in [1.807, 2.05) is 98.8 Å². The van der Waals surface area contributed by atoms with E-state index in [9.17, 15) is 10.2 Å². The van der Waals surface area contributed by atoms with E-state index < -0.39 is 0 Å². The number of para-hydroxylation sites is 2. The number of phenols is 2. The summed E-state index contributed by atoms with van der Waals surface area (Å²) in [5.41, 5.74) is 6.28. The Labute approximate surface area is 303 Å². The van der Waals surface area contributed by atoms with Crippen LogP contribution in [0.15, 0.2) is 105 Å². The van der Waals surface area contributed by atoms with Gasteiger partial charge in [-0.25, -0.2) is 0 Å². The minimum absolute atomic E-state index is 0. The summed E-state index contributed by atoms with van der Waals surface area (Å²) in [4.78, 5) is 17.8. The van der Waals surface area contributed by atoms with Crippen molar-refractivity contribution in [2.45, 2.75) is 20.3 Å². The summed E-state index contributed by atoms with van der Waals surface area (Å²) in [7, 11) is 0. The van der Waals surface area contributed by atoms with Gasteiger partial charge >= 0.3 is 39.0 Å². The fourth-order valence-corrected chi connectivity index (χ4v) is 3.96. The number of aliphatic imine (C=N–C) groups is 4. The molecule has 0 fully saturated rings. The first-order valence-electron chi connectivity index (χ1n) is 12.8. The molecule has 230 valence electrons. The van der Waals surface area contributed by atoms with E-state index in [2.05, 4.69) is 20.0 Å². The maximum Gasteiger partial charge on any atom is 3.00 e. The second-order valence-corrected chi connectivity index (χ2v) is 9.20. The van der Waals surface area contributed by atoms with Crippen LogP contribution in [0.5, 0.6) is 11.5 Å². The molecule has 0 heterocycles. The van der Waals surface area contributed by atoms with Gasteiger partial charge < -0.3 is 47.4 Å². The number of halogens is 3. The zero-order valence-corrected chi connectivity index (χ0v) is 29.8. The summed E-state index contributed by atoms with van der Waals surface area (Å²) in [5.74, 6) is 0.312. The second-order valence-electron chi connectivity index (χ2n) is 9.20. The fraction of sp³-hybridized carbons (Fsp3) is 0.152. The number of phenolic OH excluding ortho intramolecular Hbond substituents is 2. The minimum Gasteiger partial charge on any atom is -1.00 e. The number of rotatable bonds is 10. The Morgan fingerprint density at radius 2 is 0.841 bits per heavy atom. The van der Waals surface area contributed by atoms with Crippen molar-refractivity contribution >= 4 is 36.2 Å². The number of benzene rings is 4. The van der Waals surface area contributed by atoms with Crippen molar-refractivity contribution in [2.75, 3.05) is 13.1 Å². The van der Waals surface area contributed by atoms with Crippen LogP contribution in [0.2, 0.25) is 0 Å². The number of hydrogen-bond acceptors (Lipinski definition) is 6. The molecular formula is C33H32Cl3N4O2Ru2+3. The molecule has 2 N–H and O–H groups in total. The molecule has 0 unspecified atom stereocenters. The molecule has 0 spiro atoms. The molecule has 0 bridgehead atoms. The van der Waals surface area contributed by atoms with Gasteiger partial charge in [0.15, 0.2) is 0 Å². The van der Waals surface area contributed by atoms with Crippen LogP contribution in [0, 0.1) is 13.8 Å². The topological polar surface area (TPSA) is 89.9 Å². The van der Waals surface area contributed by atoms with Crippen LogP contribution < -0.4 is 37.2 Å². The van der Waals surface area contributed by atoms with Crippen LogP contribution >= 0.6 is 0 Å².